The SMILES string of the molecule is NNC(=O)c1cn(-c2cc(F)cc(F)c2)nn1. The number of benzene rings is 1. The van der Waals surface area contributed by atoms with Crippen molar-refractivity contribution in [3.8, 4) is 5.69 Å². The molecule has 88 valence electrons. The first-order valence-corrected chi connectivity index (χ1v) is 4.50. The number of hydrogen-bond acceptors (Lipinski definition) is 4. The van der Waals surface area contributed by atoms with E-state index in [1.165, 1.54) is 6.20 Å². The molecule has 1 amide bonds. The van der Waals surface area contributed by atoms with Crippen LogP contribution >= 0.6 is 0 Å². The highest BCUT2D eigenvalue weighted by Crippen LogP contribution is 2.11. The molecule has 2 aromatic rings. The van der Waals surface area contributed by atoms with Crippen LogP contribution in [0.2, 0.25) is 0 Å². The van der Waals surface area contributed by atoms with E-state index in [-0.39, 0.29) is 11.4 Å². The minimum Gasteiger partial charge on any atom is -0.289 e. The lowest BCUT2D eigenvalue weighted by molar-refractivity contribution is 0.0948. The van der Waals surface area contributed by atoms with E-state index in [0.29, 0.717) is 0 Å². The molecule has 0 saturated heterocycles. The van der Waals surface area contributed by atoms with Crippen molar-refractivity contribution in [3.05, 3.63) is 41.7 Å². The van der Waals surface area contributed by atoms with Gasteiger partial charge in [-0.25, -0.2) is 19.3 Å². The van der Waals surface area contributed by atoms with Gasteiger partial charge in [-0.1, -0.05) is 5.21 Å². The summed E-state index contributed by atoms with van der Waals surface area (Å²) >= 11 is 0. The first kappa shape index (κ1) is 11.1. The van der Waals surface area contributed by atoms with E-state index in [1.807, 2.05) is 5.43 Å². The first-order valence-electron chi connectivity index (χ1n) is 4.50. The third kappa shape index (κ3) is 2.26. The Labute approximate surface area is 94.0 Å². The van der Waals surface area contributed by atoms with Gasteiger partial charge in [-0.15, -0.1) is 5.10 Å². The summed E-state index contributed by atoms with van der Waals surface area (Å²) in [6, 6.07) is 2.84. The smallest absolute Gasteiger partial charge is 0.287 e. The molecule has 8 heteroatoms. The zero-order valence-corrected chi connectivity index (χ0v) is 8.39. The Kier molecular flexibility index (Phi) is 2.79. The number of hydrazine groups is 1. The third-order valence-electron chi connectivity index (χ3n) is 1.97. The van der Waals surface area contributed by atoms with Gasteiger partial charge in [0.05, 0.1) is 11.9 Å². The molecular formula is C9H7F2N5O. The van der Waals surface area contributed by atoms with Crippen LogP contribution in [-0.2, 0) is 0 Å². The summed E-state index contributed by atoms with van der Waals surface area (Å²) in [4.78, 5) is 11.1. The minimum absolute atomic E-state index is 0.0582. The molecule has 0 fully saturated rings. The summed E-state index contributed by atoms with van der Waals surface area (Å²) in [6.07, 6.45) is 1.20. The number of aromatic nitrogens is 3. The summed E-state index contributed by atoms with van der Waals surface area (Å²) in [5.74, 6) is 2.76. The number of nitrogen functional groups attached to an aromatic ring is 1. The van der Waals surface area contributed by atoms with Crippen LogP contribution in [0.1, 0.15) is 10.5 Å². The molecule has 1 aromatic heterocycles. The number of nitrogens with zero attached hydrogens (tertiary/aromatic N) is 3. The summed E-state index contributed by atoms with van der Waals surface area (Å²) in [6.45, 7) is 0. The van der Waals surface area contributed by atoms with Gasteiger partial charge in [0.15, 0.2) is 5.69 Å². The molecule has 0 aliphatic heterocycles. The number of carbonyl (C=O) groups excluding carboxylic acids is 1. The molecule has 0 aliphatic carbocycles. The van der Waals surface area contributed by atoms with E-state index in [4.69, 9.17) is 5.84 Å². The fourth-order valence-corrected chi connectivity index (χ4v) is 1.24. The molecule has 2 rings (SSSR count). The van der Waals surface area contributed by atoms with Crippen molar-refractivity contribution in [2.75, 3.05) is 0 Å². The first-order chi connectivity index (χ1) is 8.10. The lowest BCUT2D eigenvalue weighted by Gasteiger charge is -2.00. The molecule has 17 heavy (non-hydrogen) atoms. The minimum atomic E-state index is -0.750. The van der Waals surface area contributed by atoms with E-state index < -0.39 is 17.5 Å². The monoisotopic (exact) mass is 239 g/mol. The number of nitrogens with one attached hydrogen (secondary N) is 1. The Morgan fingerprint density at radius 2 is 1.94 bits per heavy atom. The maximum absolute atomic E-state index is 12.9. The quantitative estimate of drug-likeness (QED) is 0.443. The van der Waals surface area contributed by atoms with Gasteiger partial charge in [0.1, 0.15) is 11.6 Å². The molecule has 0 radical (unpaired) electrons. The maximum Gasteiger partial charge on any atom is 0.287 e. The predicted molar refractivity (Wildman–Crippen MR) is 52.9 cm³/mol. The van der Waals surface area contributed by atoms with Crippen molar-refractivity contribution >= 4 is 5.91 Å². The van der Waals surface area contributed by atoms with E-state index >= 15 is 0 Å². The third-order valence-corrected chi connectivity index (χ3v) is 1.97. The summed E-state index contributed by atoms with van der Waals surface area (Å²) in [7, 11) is 0. The van der Waals surface area contributed by atoms with E-state index in [2.05, 4.69) is 10.3 Å². The molecule has 0 aliphatic rings. The van der Waals surface area contributed by atoms with Gasteiger partial charge >= 0.3 is 0 Å². The lowest BCUT2D eigenvalue weighted by atomic mass is 10.3. The molecule has 3 N–H and O–H groups in total. The molecular weight excluding hydrogens is 232 g/mol. The van der Waals surface area contributed by atoms with Crippen LogP contribution < -0.4 is 11.3 Å². The van der Waals surface area contributed by atoms with Crippen LogP contribution in [0, 0.1) is 11.6 Å². The van der Waals surface area contributed by atoms with E-state index in [1.54, 1.807) is 0 Å². The number of carbonyl (C=O) groups is 1. The fraction of sp³-hybridized carbons (Fsp3) is 0. The van der Waals surface area contributed by atoms with Gasteiger partial charge in [0, 0.05) is 6.07 Å². The summed E-state index contributed by atoms with van der Waals surface area (Å²) < 4.78 is 27.0. The van der Waals surface area contributed by atoms with E-state index in [9.17, 15) is 13.6 Å². The maximum atomic E-state index is 12.9. The van der Waals surface area contributed by atoms with Crippen molar-refractivity contribution in [1.29, 1.82) is 0 Å². The van der Waals surface area contributed by atoms with Gasteiger partial charge in [0.2, 0.25) is 0 Å². The van der Waals surface area contributed by atoms with Crippen LogP contribution in [0.5, 0.6) is 0 Å². The number of nitrogens with two attached hydrogens (primary N) is 1. The normalized spacial score (nSPS) is 10.3. The number of halogens is 2. The zero-order valence-electron chi connectivity index (χ0n) is 8.39. The zero-order chi connectivity index (χ0) is 12.4. The van der Waals surface area contributed by atoms with Gasteiger partial charge in [-0.3, -0.25) is 10.2 Å². The highest BCUT2D eigenvalue weighted by atomic mass is 19.1. The summed E-state index contributed by atoms with van der Waals surface area (Å²) in [5.41, 5.74) is 1.92. The van der Waals surface area contributed by atoms with Crippen LogP contribution in [-0.4, -0.2) is 20.9 Å². The molecule has 6 nitrogen and oxygen atoms in total. The Hall–Kier alpha value is -2.35. The van der Waals surface area contributed by atoms with Crippen molar-refractivity contribution in [2.45, 2.75) is 0 Å². The fourth-order valence-electron chi connectivity index (χ4n) is 1.24. The highest BCUT2D eigenvalue weighted by Gasteiger charge is 2.10. The number of amides is 1. The van der Waals surface area contributed by atoms with Crippen LogP contribution in [0.15, 0.2) is 24.4 Å². The van der Waals surface area contributed by atoms with Crippen molar-refractivity contribution < 1.29 is 13.6 Å². The predicted octanol–water partition coefficient (Wildman–Crippen LogP) is 0.149. The number of rotatable bonds is 2. The molecule has 0 saturated carbocycles. The number of hydrogen-bond donors (Lipinski definition) is 2. The van der Waals surface area contributed by atoms with Crippen molar-refractivity contribution in [3.63, 3.8) is 0 Å². The Morgan fingerprint density at radius 1 is 1.29 bits per heavy atom. The standard InChI is InChI=1S/C9H7F2N5O/c10-5-1-6(11)3-7(2-5)16-4-8(14-15-16)9(17)13-12/h1-4H,12H2,(H,13,17). The highest BCUT2D eigenvalue weighted by molar-refractivity contribution is 5.91. The second-order valence-electron chi connectivity index (χ2n) is 3.15. The molecule has 1 aromatic carbocycles. The average molecular weight is 239 g/mol. The Balaban J connectivity index is 2.40. The summed E-state index contributed by atoms with van der Waals surface area (Å²) in [5, 5.41) is 7.05. The van der Waals surface area contributed by atoms with Gasteiger partial charge in [-0.2, -0.15) is 0 Å². The molecule has 0 spiro atoms. The van der Waals surface area contributed by atoms with Crippen LogP contribution in [0.25, 0.3) is 5.69 Å². The second kappa shape index (κ2) is 4.26. The van der Waals surface area contributed by atoms with Gasteiger partial charge in [0.25, 0.3) is 5.91 Å². The van der Waals surface area contributed by atoms with Gasteiger partial charge < -0.3 is 0 Å². The Bertz CT molecular complexity index is 548. The second-order valence-corrected chi connectivity index (χ2v) is 3.15. The van der Waals surface area contributed by atoms with Crippen molar-refractivity contribution in [1.82, 2.24) is 20.4 Å². The molecule has 0 bridgehead atoms. The van der Waals surface area contributed by atoms with Crippen LogP contribution in [0.3, 0.4) is 0 Å². The van der Waals surface area contributed by atoms with Crippen molar-refractivity contribution in [2.24, 2.45) is 5.84 Å². The molecule has 1 heterocycles. The lowest BCUT2D eigenvalue weighted by Crippen LogP contribution is -2.30. The topological polar surface area (TPSA) is 85.8 Å². The largest absolute Gasteiger partial charge is 0.289 e. The average Bonchev–Trinajstić information content (AvgIpc) is 2.76. The van der Waals surface area contributed by atoms with Gasteiger partial charge in [-0.05, 0) is 12.1 Å². The van der Waals surface area contributed by atoms with Crippen LogP contribution in [0.4, 0.5) is 8.78 Å². The Morgan fingerprint density at radius 3 is 2.53 bits per heavy atom. The van der Waals surface area contributed by atoms with E-state index in [0.717, 1.165) is 22.9 Å². The molecule has 0 atom stereocenters. The molecule has 0 unspecified atom stereocenters.